The van der Waals surface area contributed by atoms with Crippen LogP contribution in [-0.4, -0.2) is 39.6 Å². The maximum atomic E-state index is 13.0. The number of amides is 1. The maximum absolute atomic E-state index is 13.0. The van der Waals surface area contributed by atoms with E-state index in [1.807, 2.05) is 20.0 Å². The Hall–Kier alpha value is -3.07. The van der Waals surface area contributed by atoms with E-state index in [1.165, 1.54) is 18.2 Å². The lowest BCUT2D eigenvalue weighted by atomic mass is 10.2. The zero-order valence-electron chi connectivity index (χ0n) is 17.1. The van der Waals surface area contributed by atoms with Crippen molar-refractivity contribution >= 4 is 17.4 Å². The summed E-state index contributed by atoms with van der Waals surface area (Å²) in [6.45, 7) is 5.26. The molecule has 7 nitrogen and oxygen atoms in total. The normalized spacial score (nSPS) is 22.2. The summed E-state index contributed by atoms with van der Waals surface area (Å²) in [5, 5.41) is 2.59. The number of aromatic nitrogens is 3. The van der Waals surface area contributed by atoms with Gasteiger partial charge in [0.25, 0.3) is 12.3 Å². The predicted molar refractivity (Wildman–Crippen MR) is 109 cm³/mol. The number of carbonyl (C=O) groups is 1. The summed E-state index contributed by atoms with van der Waals surface area (Å²) < 4.78 is 39.0. The SMILES string of the molecule is CC(C)Oc1cc2nc(C3C4COCC43)cn2cc1C(=O)Nc1cccc(C(F)F)n1. The highest BCUT2D eigenvalue weighted by atomic mass is 19.3. The maximum Gasteiger partial charge on any atom is 0.280 e. The van der Waals surface area contributed by atoms with E-state index in [0.29, 0.717) is 29.2 Å². The lowest BCUT2D eigenvalue weighted by Crippen LogP contribution is -2.17. The number of nitrogens with one attached hydrogen (secondary N) is 1. The molecular formula is C22H22F2N4O3. The lowest BCUT2D eigenvalue weighted by Gasteiger charge is -2.14. The minimum atomic E-state index is -2.72. The molecule has 2 atom stereocenters. The van der Waals surface area contributed by atoms with Crippen LogP contribution < -0.4 is 10.1 Å². The summed E-state index contributed by atoms with van der Waals surface area (Å²) in [5.74, 6) is 1.36. The minimum absolute atomic E-state index is 0.0514. The molecule has 1 saturated carbocycles. The molecule has 0 radical (unpaired) electrons. The van der Waals surface area contributed by atoms with Crippen LogP contribution in [0.2, 0.25) is 0 Å². The molecule has 3 aromatic heterocycles. The Bertz CT molecular complexity index is 1140. The number of ether oxygens (including phenoxy) is 2. The first kappa shape index (κ1) is 19.9. The molecule has 9 heteroatoms. The number of alkyl halides is 2. The van der Waals surface area contributed by atoms with Crippen LogP contribution in [0.25, 0.3) is 5.65 Å². The van der Waals surface area contributed by atoms with Crippen molar-refractivity contribution in [3.8, 4) is 5.75 Å². The largest absolute Gasteiger partial charge is 0.490 e. The number of nitrogens with zero attached hydrogens (tertiary/aromatic N) is 3. The van der Waals surface area contributed by atoms with Gasteiger partial charge in [-0.15, -0.1) is 0 Å². The molecule has 1 aliphatic heterocycles. The van der Waals surface area contributed by atoms with E-state index in [0.717, 1.165) is 18.9 Å². The van der Waals surface area contributed by atoms with Gasteiger partial charge in [0.1, 0.15) is 22.9 Å². The van der Waals surface area contributed by atoms with E-state index in [-0.39, 0.29) is 17.5 Å². The Morgan fingerprint density at radius 2 is 2.00 bits per heavy atom. The topological polar surface area (TPSA) is 77.8 Å². The number of hydrogen-bond acceptors (Lipinski definition) is 5. The second-order valence-electron chi connectivity index (χ2n) is 8.24. The molecule has 2 unspecified atom stereocenters. The Morgan fingerprint density at radius 3 is 2.71 bits per heavy atom. The first-order chi connectivity index (χ1) is 14.9. The van der Waals surface area contributed by atoms with Gasteiger partial charge >= 0.3 is 0 Å². The van der Waals surface area contributed by atoms with Gasteiger partial charge in [-0.25, -0.2) is 18.7 Å². The van der Waals surface area contributed by atoms with Crippen molar-refractivity contribution < 1.29 is 23.0 Å². The third-order valence-electron chi connectivity index (χ3n) is 5.71. The monoisotopic (exact) mass is 428 g/mol. The van der Waals surface area contributed by atoms with Gasteiger partial charge in [-0.05, 0) is 37.8 Å². The molecule has 31 heavy (non-hydrogen) atoms. The van der Waals surface area contributed by atoms with Crippen molar-refractivity contribution in [3.05, 3.63) is 53.6 Å². The molecule has 3 aromatic rings. The fourth-order valence-corrected chi connectivity index (χ4v) is 4.22. The van der Waals surface area contributed by atoms with Crippen molar-refractivity contribution in [2.45, 2.75) is 32.3 Å². The molecular weight excluding hydrogens is 406 g/mol. The molecule has 1 N–H and O–H groups in total. The van der Waals surface area contributed by atoms with Crippen molar-refractivity contribution in [2.75, 3.05) is 18.5 Å². The fraction of sp³-hybridized carbons (Fsp3) is 0.409. The van der Waals surface area contributed by atoms with E-state index >= 15 is 0 Å². The second-order valence-corrected chi connectivity index (χ2v) is 8.24. The molecule has 2 aliphatic rings. The van der Waals surface area contributed by atoms with Crippen LogP contribution in [0.15, 0.2) is 36.7 Å². The number of fused-ring (bicyclic) bond motifs is 2. The number of hydrogen-bond donors (Lipinski definition) is 1. The number of pyridine rings is 2. The lowest BCUT2D eigenvalue weighted by molar-refractivity contribution is 0.101. The number of rotatable bonds is 6. The van der Waals surface area contributed by atoms with Gasteiger partial charge in [0.2, 0.25) is 0 Å². The van der Waals surface area contributed by atoms with Gasteiger partial charge in [0, 0.05) is 24.4 Å². The number of imidazole rings is 1. The molecule has 1 aliphatic carbocycles. The van der Waals surface area contributed by atoms with Gasteiger partial charge < -0.3 is 19.2 Å². The molecule has 0 spiro atoms. The summed E-state index contributed by atoms with van der Waals surface area (Å²) in [6, 6.07) is 5.84. The first-order valence-corrected chi connectivity index (χ1v) is 10.2. The summed E-state index contributed by atoms with van der Waals surface area (Å²) >= 11 is 0. The minimum Gasteiger partial charge on any atom is -0.490 e. The van der Waals surface area contributed by atoms with Gasteiger partial charge in [0.05, 0.1) is 30.6 Å². The summed E-state index contributed by atoms with van der Waals surface area (Å²) in [7, 11) is 0. The number of anilines is 1. The van der Waals surface area contributed by atoms with Crippen LogP contribution >= 0.6 is 0 Å². The summed E-state index contributed by atoms with van der Waals surface area (Å²) in [5.41, 5.74) is 1.54. The molecule has 4 heterocycles. The smallest absolute Gasteiger partial charge is 0.280 e. The molecule has 1 saturated heterocycles. The molecule has 2 fully saturated rings. The summed E-state index contributed by atoms with van der Waals surface area (Å²) in [6.07, 6.45) is 0.711. The highest BCUT2D eigenvalue weighted by Gasteiger charge is 2.55. The van der Waals surface area contributed by atoms with Crippen LogP contribution in [0.5, 0.6) is 5.75 Å². The van der Waals surface area contributed by atoms with Gasteiger partial charge in [-0.3, -0.25) is 4.79 Å². The van der Waals surface area contributed by atoms with Crippen LogP contribution in [0.4, 0.5) is 14.6 Å². The molecule has 162 valence electrons. The van der Waals surface area contributed by atoms with Crippen LogP contribution in [0, 0.1) is 11.8 Å². The highest BCUT2D eigenvalue weighted by molar-refractivity contribution is 6.05. The summed E-state index contributed by atoms with van der Waals surface area (Å²) in [4.78, 5) is 21.5. The van der Waals surface area contributed by atoms with Gasteiger partial charge in [-0.2, -0.15) is 0 Å². The third kappa shape index (κ3) is 3.74. The van der Waals surface area contributed by atoms with Gasteiger partial charge in [0.15, 0.2) is 0 Å². The predicted octanol–water partition coefficient (Wildman–Crippen LogP) is 4.07. The van der Waals surface area contributed by atoms with Crippen LogP contribution in [0.1, 0.15) is 47.9 Å². The zero-order chi connectivity index (χ0) is 21.7. The molecule has 5 rings (SSSR count). The number of carbonyl (C=O) groups excluding carboxylic acids is 1. The highest BCUT2D eigenvalue weighted by Crippen LogP contribution is 2.57. The average molecular weight is 428 g/mol. The van der Waals surface area contributed by atoms with E-state index in [2.05, 4.69) is 10.3 Å². The average Bonchev–Trinajstić information content (AvgIpc) is 3.04. The fourth-order valence-electron chi connectivity index (χ4n) is 4.22. The van der Waals surface area contributed by atoms with Crippen molar-refractivity contribution in [1.82, 2.24) is 14.4 Å². The molecule has 1 amide bonds. The standard InChI is InChI=1S/C22H22F2N4O3/c1-11(2)31-17-6-19-26-16(20-13-9-30-10-14(13)20)8-28(19)7-12(17)22(29)27-18-5-3-4-15(25-18)21(23)24/h3-8,11,13-14,20-21H,9-10H2,1-2H3,(H,25,27,29). The Balaban J connectivity index is 1.47. The molecule has 0 aromatic carbocycles. The Morgan fingerprint density at radius 1 is 1.23 bits per heavy atom. The van der Waals surface area contributed by atoms with E-state index < -0.39 is 18.0 Å². The first-order valence-electron chi connectivity index (χ1n) is 10.2. The zero-order valence-corrected chi connectivity index (χ0v) is 17.1. The van der Waals surface area contributed by atoms with Gasteiger partial charge in [-0.1, -0.05) is 6.07 Å². The Kier molecular flexibility index (Phi) is 4.85. The third-order valence-corrected chi connectivity index (χ3v) is 5.71. The van der Waals surface area contributed by atoms with E-state index in [1.54, 1.807) is 16.7 Å². The van der Waals surface area contributed by atoms with E-state index in [4.69, 9.17) is 14.5 Å². The van der Waals surface area contributed by atoms with Crippen molar-refractivity contribution in [2.24, 2.45) is 11.8 Å². The second kappa shape index (κ2) is 7.56. The molecule has 0 bridgehead atoms. The quantitative estimate of drug-likeness (QED) is 0.641. The Labute approximate surface area is 177 Å². The van der Waals surface area contributed by atoms with Crippen molar-refractivity contribution in [1.29, 1.82) is 0 Å². The van der Waals surface area contributed by atoms with Crippen LogP contribution in [-0.2, 0) is 4.74 Å². The van der Waals surface area contributed by atoms with E-state index in [9.17, 15) is 13.6 Å². The van der Waals surface area contributed by atoms with Crippen LogP contribution in [0.3, 0.4) is 0 Å². The van der Waals surface area contributed by atoms with Crippen molar-refractivity contribution in [3.63, 3.8) is 0 Å². The number of halogens is 2.